The Kier molecular flexibility index (Phi) is 5.41. The van der Waals surface area contributed by atoms with Gasteiger partial charge in [-0.1, -0.05) is 25.9 Å². The topological polar surface area (TPSA) is 60.2 Å². The van der Waals surface area contributed by atoms with Crippen molar-refractivity contribution in [3.63, 3.8) is 0 Å². The van der Waals surface area contributed by atoms with E-state index >= 15 is 0 Å². The van der Waals surface area contributed by atoms with Gasteiger partial charge >= 0.3 is 6.01 Å². The first-order valence-electron chi connectivity index (χ1n) is 6.44. The molecule has 5 heteroatoms. The van der Waals surface area contributed by atoms with Crippen LogP contribution in [0.4, 0.5) is 6.01 Å². The molecule has 0 fully saturated rings. The van der Waals surface area contributed by atoms with Gasteiger partial charge in [0, 0.05) is 13.2 Å². The molecule has 0 unspecified atom stereocenters. The van der Waals surface area contributed by atoms with Gasteiger partial charge in [0.1, 0.15) is 5.60 Å². The van der Waals surface area contributed by atoms with Gasteiger partial charge in [-0.25, -0.2) is 0 Å². The second-order valence-corrected chi connectivity index (χ2v) is 3.98. The highest BCUT2D eigenvalue weighted by Gasteiger charge is 2.34. The smallest absolute Gasteiger partial charge is 0.321 e. The number of hydrogen-bond donors (Lipinski definition) is 1. The van der Waals surface area contributed by atoms with Crippen LogP contribution in [0.2, 0.25) is 0 Å². The summed E-state index contributed by atoms with van der Waals surface area (Å²) in [6, 6.07) is 0.479. The molecular weight excluding hydrogens is 218 g/mol. The predicted octanol–water partition coefficient (Wildman–Crippen LogP) is 2.94. The molecule has 1 rings (SSSR count). The Morgan fingerprint density at radius 3 is 2.47 bits per heavy atom. The molecule has 0 saturated carbocycles. The van der Waals surface area contributed by atoms with Crippen LogP contribution in [0.5, 0.6) is 0 Å². The summed E-state index contributed by atoms with van der Waals surface area (Å²) >= 11 is 0. The maximum atomic E-state index is 5.82. The molecular formula is C12H23N3O2. The van der Waals surface area contributed by atoms with Crippen molar-refractivity contribution in [3.8, 4) is 0 Å². The van der Waals surface area contributed by atoms with Crippen LogP contribution in [0, 0.1) is 0 Å². The molecule has 1 aromatic rings. The Balaban J connectivity index is 2.83. The van der Waals surface area contributed by atoms with Crippen molar-refractivity contribution in [2.24, 2.45) is 0 Å². The lowest BCUT2D eigenvalue weighted by Crippen LogP contribution is -2.29. The van der Waals surface area contributed by atoms with Gasteiger partial charge in [-0.2, -0.15) is 4.98 Å². The van der Waals surface area contributed by atoms with Crippen LogP contribution in [-0.2, 0) is 10.3 Å². The first-order chi connectivity index (χ1) is 8.22. The van der Waals surface area contributed by atoms with Crippen molar-refractivity contribution in [2.75, 3.05) is 18.5 Å². The molecule has 17 heavy (non-hydrogen) atoms. The van der Waals surface area contributed by atoms with Crippen LogP contribution in [0.1, 0.15) is 52.8 Å². The van der Waals surface area contributed by atoms with Gasteiger partial charge in [-0.15, -0.1) is 0 Å². The lowest BCUT2D eigenvalue weighted by atomic mass is 9.96. The van der Waals surface area contributed by atoms with Crippen molar-refractivity contribution in [1.82, 2.24) is 10.1 Å². The third-order valence-electron chi connectivity index (χ3n) is 2.92. The molecule has 0 spiro atoms. The van der Waals surface area contributed by atoms with Crippen LogP contribution in [0.3, 0.4) is 0 Å². The van der Waals surface area contributed by atoms with E-state index in [1.54, 1.807) is 0 Å². The van der Waals surface area contributed by atoms with E-state index in [4.69, 9.17) is 9.26 Å². The van der Waals surface area contributed by atoms with E-state index in [0.29, 0.717) is 18.4 Å². The molecule has 0 saturated heterocycles. The van der Waals surface area contributed by atoms with E-state index in [2.05, 4.69) is 36.2 Å². The van der Waals surface area contributed by atoms with Gasteiger partial charge in [0.15, 0.2) is 0 Å². The van der Waals surface area contributed by atoms with E-state index in [9.17, 15) is 0 Å². The maximum absolute atomic E-state index is 5.82. The molecule has 0 aliphatic carbocycles. The summed E-state index contributed by atoms with van der Waals surface area (Å²) < 4.78 is 11.0. The minimum atomic E-state index is -0.412. The standard InChI is InChI=1S/C12H23N3O2/c1-5-9-13-11-14-10(15-17-11)12(6-2,7-3)16-8-4/h5-9H2,1-4H3,(H,13,14,15). The van der Waals surface area contributed by atoms with Crippen molar-refractivity contribution in [3.05, 3.63) is 5.82 Å². The Labute approximate surface area is 103 Å². The third-order valence-corrected chi connectivity index (χ3v) is 2.92. The van der Waals surface area contributed by atoms with E-state index in [1.165, 1.54) is 0 Å². The molecule has 0 radical (unpaired) electrons. The predicted molar refractivity (Wildman–Crippen MR) is 67.0 cm³/mol. The quantitative estimate of drug-likeness (QED) is 0.758. The van der Waals surface area contributed by atoms with Gasteiger partial charge < -0.3 is 14.6 Å². The van der Waals surface area contributed by atoms with Crippen molar-refractivity contribution in [2.45, 2.75) is 52.6 Å². The van der Waals surface area contributed by atoms with E-state index in [1.807, 2.05) is 6.92 Å². The minimum absolute atomic E-state index is 0.412. The molecule has 1 heterocycles. The average Bonchev–Trinajstić information content (AvgIpc) is 2.83. The van der Waals surface area contributed by atoms with Crippen LogP contribution in [-0.4, -0.2) is 23.3 Å². The monoisotopic (exact) mass is 241 g/mol. The summed E-state index contributed by atoms with van der Waals surface area (Å²) in [4.78, 5) is 4.37. The number of hydrogen-bond acceptors (Lipinski definition) is 5. The van der Waals surface area contributed by atoms with Gasteiger partial charge in [0.2, 0.25) is 5.82 Å². The molecule has 0 aromatic carbocycles. The molecule has 0 aliphatic rings. The fourth-order valence-corrected chi connectivity index (χ4v) is 1.82. The number of anilines is 1. The highest BCUT2D eigenvalue weighted by molar-refractivity contribution is 5.19. The zero-order valence-corrected chi connectivity index (χ0v) is 11.2. The maximum Gasteiger partial charge on any atom is 0.321 e. The van der Waals surface area contributed by atoms with Crippen LogP contribution < -0.4 is 5.32 Å². The average molecular weight is 241 g/mol. The fourth-order valence-electron chi connectivity index (χ4n) is 1.82. The Bertz CT molecular complexity index is 321. The van der Waals surface area contributed by atoms with Crippen LogP contribution in [0.25, 0.3) is 0 Å². The fraction of sp³-hybridized carbons (Fsp3) is 0.833. The lowest BCUT2D eigenvalue weighted by Gasteiger charge is -2.27. The lowest BCUT2D eigenvalue weighted by molar-refractivity contribution is -0.0583. The largest absolute Gasteiger partial charge is 0.367 e. The minimum Gasteiger partial charge on any atom is -0.367 e. The summed E-state index contributed by atoms with van der Waals surface area (Å²) in [6.07, 6.45) is 2.70. The van der Waals surface area contributed by atoms with Crippen LogP contribution >= 0.6 is 0 Å². The van der Waals surface area contributed by atoms with Crippen molar-refractivity contribution >= 4 is 6.01 Å². The summed E-state index contributed by atoms with van der Waals surface area (Å²) in [5.41, 5.74) is -0.412. The molecule has 0 bridgehead atoms. The first kappa shape index (κ1) is 14.0. The Morgan fingerprint density at radius 2 is 1.94 bits per heavy atom. The summed E-state index contributed by atoms with van der Waals surface area (Å²) in [5, 5.41) is 7.11. The zero-order chi connectivity index (χ0) is 12.7. The van der Waals surface area contributed by atoms with Gasteiger partial charge in [0.25, 0.3) is 0 Å². The Hall–Kier alpha value is -1.10. The summed E-state index contributed by atoms with van der Waals surface area (Å²) in [7, 11) is 0. The second kappa shape index (κ2) is 6.59. The normalized spacial score (nSPS) is 11.8. The van der Waals surface area contributed by atoms with Crippen molar-refractivity contribution in [1.29, 1.82) is 0 Å². The number of rotatable bonds is 8. The third kappa shape index (κ3) is 3.19. The Morgan fingerprint density at radius 1 is 1.24 bits per heavy atom. The van der Waals surface area contributed by atoms with E-state index in [0.717, 1.165) is 25.8 Å². The summed E-state index contributed by atoms with van der Waals surface area (Å²) in [6.45, 7) is 9.71. The van der Waals surface area contributed by atoms with Crippen LogP contribution in [0.15, 0.2) is 4.52 Å². The molecule has 1 N–H and O–H groups in total. The molecule has 0 amide bonds. The molecule has 0 aliphatic heterocycles. The number of ether oxygens (including phenoxy) is 1. The van der Waals surface area contributed by atoms with E-state index < -0.39 is 5.60 Å². The number of aromatic nitrogens is 2. The zero-order valence-electron chi connectivity index (χ0n) is 11.2. The molecule has 0 atom stereocenters. The summed E-state index contributed by atoms with van der Waals surface area (Å²) in [5.74, 6) is 0.642. The van der Waals surface area contributed by atoms with Gasteiger partial charge in [0.05, 0.1) is 0 Å². The molecule has 98 valence electrons. The number of nitrogens with zero attached hydrogens (tertiary/aromatic N) is 2. The number of nitrogens with one attached hydrogen (secondary N) is 1. The van der Waals surface area contributed by atoms with Crippen molar-refractivity contribution < 1.29 is 9.26 Å². The molecule has 1 aromatic heterocycles. The van der Waals surface area contributed by atoms with Gasteiger partial charge in [-0.3, -0.25) is 0 Å². The molecule has 5 nitrogen and oxygen atoms in total. The first-order valence-corrected chi connectivity index (χ1v) is 6.44. The van der Waals surface area contributed by atoms with Gasteiger partial charge in [-0.05, 0) is 26.2 Å². The van der Waals surface area contributed by atoms with E-state index in [-0.39, 0.29) is 0 Å². The highest BCUT2D eigenvalue weighted by atomic mass is 16.5. The highest BCUT2D eigenvalue weighted by Crippen LogP contribution is 2.31. The second-order valence-electron chi connectivity index (χ2n) is 3.98. The SMILES string of the molecule is CCCNc1nc(C(CC)(CC)OCC)no1.